The summed E-state index contributed by atoms with van der Waals surface area (Å²) < 4.78 is 60.3. The second kappa shape index (κ2) is 11.8. The molecule has 0 radical (unpaired) electrons. The summed E-state index contributed by atoms with van der Waals surface area (Å²) in [6.45, 7) is 0.498. The first kappa shape index (κ1) is 28.0. The number of carbonyl (C=O) groups is 1. The lowest BCUT2D eigenvalue weighted by Crippen LogP contribution is -2.41. The normalized spacial score (nSPS) is 15.1. The summed E-state index contributed by atoms with van der Waals surface area (Å²) >= 11 is 1.54. The Balaban J connectivity index is 1.32. The number of carbonyl (C=O) groups excluding carboxylic acids is 1. The van der Waals surface area contributed by atoms with Crippen LogP contribution in [-0.4, -0.2) is 53.5 Å². The molecule has 3 aromatic carbocycles. The molecule has 1 heterocycles. The third-order valence-electron chi connectivity index (χ3n) is 6.30. The number of benzene rings is 3. The number of methoxy groups -OCH3 is 1. The van der Waals surface area contributed by atoms with Crippen molar-refractivity contribution < 1.29 is 26.4 Å². The van der Waals surface area contributed by atoms with E-state index in [-0.39, 0.29) is 34.7 Å². The van der Waals surface area contributed by atoms with E-state index in [9.17, 15) is 21.6 Å². The number of piperidine rings is 1. The predicted octanol–water partition coefficient (Wildman–Crippen LogP) is 4.26. The smallest absolute Gasteiger partial charge is 0.261 e. The second-order valence-corrected chi connectivity index (χ2v) is 13.2. The number of hydrogen-bond donors (Lipinski definition) is 2. The van der Waals surface area contributed by atoms with E-state index in [4.69, 9.17) is 4.74 Å². The number of nitrogens with zero attached hydrogens (tertiary/aromatic N) is 1. The van der Waals surface area contributed by atoms with Crippen molar-refractivity contribution >= 4 is 49.1 Å². The molecule has 0 aliphatic carbocycles. The number of ether oxygens (including phenoxy) is 1. The molecule has 1 amide bonds. The Hall–Kier alpha value is -3.06. The highest BCUT2D eigenvalue weighted by atomic mass is 32.2. The molecule has 1 aliphatic heterocycles. The van der Waals surface area contributed by atoms with E-state index in [1.165, 1.54) is 35.7 Å². The molecule has 0 atom stereocenters. The first-order chi connectivity index (χ1) is 18.1. The standard InChI is InChI=1S/C26H29N3O6S3/c1-35-22-7-3-21(4-8-22)28-37(31,32)24-11-5-20(6-12-24)27-26(30)19-15-17-29(18-16-19)38(33,34)25-13-9-23(36-2)10-14-25/h3-14,19,28H,15-18H2,1-2H3,(H,27,30). The highest BCUT2D eigenvalue weighted by molar-refractivity contribution is 7.98. The third-order valence-corrected chi connectivity index (χ3v) is 10.3. The average Bonchev–Trinajstić information content (AvgIpc) is 2.93. The summed E-state index contributed by atoms with van der Waals surface area (Å²) in [6.07, 6.45) is 2.72. The molecule has 0 unspecified atom stereocenters. The van der Waals surface area contributed by atoms with E-state index in [0.717, 1.165) is 4.90 Å². The topological polar surface area (TPSA) is 122 Å². The van der Waals surface area contributed by atoms with Gasteiger partial charge >= 0.3 is 0 Å². The maximum atomic E-state index is 13.0. The van der Waals surface area contributed by atoms with Gasteiger partial charge in [-0.3, -0.25) is 9.52 Å². The van der Waals surface area contributed by atoms with Gasteiger partial charge in [-0.25, -0.2) is 16.8 Å². The average molecular weight is 576 g/mol. The summed E-state index contributed by atoms with van der Waals surface area (Å²) in [5.74, 6) is 0.0418. The molecule has 1 aliphatic rings. The van der Waals surface area contributed by atoms with Crippen LogP contribution in [0.5, 0.6) is 5.75 Å². The number of rotatable bonds is 9. The molecule has 202 valence electrons. The van der Waals surface area contributed by atoms with Gasteiger partial charge in [0.25, 0.3) is 10.0 Å². The number of hydrogen-bond acceptors (Lipinski definition) is 7. The summed E-state index contributed by atoms with van der Waals surface area (Å²) in [6, 6.07) is 19.2. The van der Waals surface area contributed by atoms with E-state index in [1.54, 1.807) is 60.3 Å². The molecule has 3 aromatic rings. The van der Waals surface area contributed by atoms with Crippen molar-refractivity contribution in [2.45, 2.75) is 27.5 Å². The van der Waals surface area contributed by atoms with Gasteiger partial charge in [-0.2, -0.15) is 4.31 Å². The van der Waals surface area contributed by atoms with Crippen molar-refractivity contribution in [1.82, 2.24) is 4.31 Å². The Bertz CT molecular complexity index is 1470. The molecule has 1 fully saturated rings. The molecule has 0 aromatic heterocycles. The van der Waals surface area contributed by atoms with Gasteiger partial charge in [-0.15, -0.1) is 11.8 Å². The summed E-state index contributed by atoms with van der Waals surface area (Å²) in [5.41, 5.74) is 0.857. The molecule has 12 heteroatoms. The van der Waals surface area contributed by atoms with Crippen LogP contribution in [0.3, 0.4) is 0 Å². The molecular formula is C26H29N3O6S3. The Morgan fingerprint density at radius 1 is 0.842 bits per heavy atom. The van der Waals surface area contributed by atoms with E-state index in [2.05, 4.69) is 10.0 Å². The molecule has 0 saturated carbocycles. The van der Waals surface area contributed by atoms with E-state index >= 15 is 0 Å². The fourth-order valence-electron chi connectivity index (χ4n) is 4.09. The monoisotopic (exact) mass is 575 g/mol. The SMILES string of the molecule is COc1ccc(NS(=O)(=O)c2ccc(NC(=O)C3CCN(S(=O)(=O)c4ccc(SC)cc4)CC3)cc2)cc1. The summed E-state index contributed by atoms with van der Waals surface area (Å²) in [5, 5.41) is 2.81. The first-order valence-corrected chi connectivity index (χ1v) is 16.0. The van der Waals surface area contributed by atoms with E-state index < -0.39 is 20.0 Å². The zero-order valence-electron chi connectivity index (χ0n) is 21.0. The van der Waals surface area contributed by atoms with Crippen LogP contribution in [0, 0.1) is 5.92 Å². The van der Waals surface area contributed by atoms with E-state index in [0.29, 0.717) is 30.0 Å². The molecule has 38 heavy (non-hydrogen) atoms. The molecule has 0 bridgehead atoms. The van der Waals surface area contributed by atoms with Crippen LogP contribution in [0.15, 0.2) is 87.5 Å². The van der Waals surface area contributed by atoms with Gasteiger partial charge in [-0.05, 0) is 91.9 Å². The molecular weight excluding hydrogens is 547 g/mol. The van der Waals surface area contributed by atoms with Gasteiger partial charge in [0.2, 0.25) is 15.9 Å². The predicted molar refractivity (Wildman–Crippen MR) is 149 cm³/mol. The number of nitrogens with one attached hydrogen (secondary N) is 2. The number of anilines is 2. The Morgan fingerprint density at radius 3 is 1.95 bits per heavy atom. The molecule has 0 spiro atoms. The van der Waals surface area contributed by atoms with Crippen LogP contribution in [0.4, 0.5) is 11.4 Å². The first-order valence-electron chi connectivity index (χ1n) is 11.8. The minimum Gasteiger partial charge on any atom is -0.497 e. The number of amides is 1. The van der Waals surface area contributed by atoms with Crippen LogP contribution in [0.25, 0.3) is 0 Å². The number of sulfonamides is 2. The van der Waals surface area contributed by atoms with Crippen molar-refractivity contribution in [2.75, 3.05) is 36.5 Å². The van der Waals surface area contributed by atoms with Gasteiger partial charge in [0.15, 0.2) is 0 Å². The van der Waals surface area contributed by atoms with Crippen molar-refractivity contribution in [3.63, 3.8) is 0 Å². The van der Waals surface area contributed by atoms with Gasteiger partial charge in [0, 0.05) is 35.3 Å². The van der Waals surface area contributed by atoms with E-state index in [1.807, 2.05) is 6.26 Å². The van der Waals surface area contributed by atoms with Crippen molar-refractivity contribution in [3.05, 3.63) is 72.8 Å². The van der Waals surface area contributed by atoms with Crippen LogP contribution >= 0.6 is 11.8 Å². The van der Waals surface area contributed by atoms with Crippen molar-refractivity contribution in [1.29, 1.82) is 0 Å². The molecule has 2 N–H and O–H groups in total. The van der Waals surface area contributed by atoms with Crippen LogP contribution in [0.2, 0.25) is 0 Å². The van der Waals surface area contributed by atoms with Gasteiger partial charge in [0.1, 0.15) is 5.75 Å². The highest BCUT2D eigenvalue weighted by Crippen LogP contribution is 2.27. The van der Waals surface area contributed by atoms with Gasteiger partial charge < -0.3 is 10.1 Å². The molecule has 4 rings (SSSR count). The Labute approximate surface area is 227 Å². The third kappa shape index (κ3) is 6.49. The summed E-state index contributed by atoms with van der Waals surface area (Å²) in [4.78, 5) is 14.1. The lowest BCUT2D eigenvalue weighted by atomic mass is 9.97. The minimum atomic E-state index is -3.81. The van der Waals surface area contributed by atoms with Crippen LogP contribution < -0.4 is 14.8 Å². The fraction of sp³-hybridized carbons (Fsp3) is 0.269. The minimum absolute atomic E-state index is 0.0513. The van der Waals surface area contributed by atoms with Gasteiger partial charge in [0.05, 0.1) is 16.9 Å². The Kier molecular flexibility index (Phi) is 8.66. The van der Waals surface area contributed by atoms with Crippen LogP contribution in [-0.2, 0) is 24.8 Å². The van der Waals surface area contributed by atoms with Crippen LogP contribution in [0.1, 0.15) is 12.8 Å². The second-order valence-electron chi connectivity index (χ2n) is 8.70. The largest absolute Gasteiger partial charge is 0.497 e. The van der Waals surface area contributed by atoms with Crippen molar-refractivity contribution in [3.8, 4) is 5.75 Å². The lowest BCUT2D eigenvalue weighted by molar-refractivity contribution is -0.120. The highest BCUT2D eigenvalue weighted by Gasteiger charge is 2.32. The quantitative estimate of drug-likeness (QED) is 0.366. The molecule has 9 nitrogen and oxygen atoms in total. The maximum absolute atomic E-state index is 13.0. The summed E-state index contributed by atoms with van der Waals surface area (Å²) in [7, 11) is -5.90. The molecule has 1 saturated heterocycles. The fourth-order valence-corrected chi connectivity index (χ4v) is 7.03. The lowest BCUT2D eigenvalue weighted by Gasteiger charge is -2.30. The van der Waals surface area contributed by atoms with Gasteiger partial charge in [-0.1, -0.05) is 0 Å². The number of thioether (sulfide) groups is 1. The maximum Gasteiger partial charge on any atom is 0.261 e. The zero-order chi connectivity index (χ0) is 27.3. The van der Waals surface area contributed by atoms with Crippen molar-refractivity contribution in [2.24, 2.45) is 5.92 Å². The Morgan fingerprint density at radius 2 is 1.39 bits per heavy atom. The zero-order valence-corrected chi connectivity index (χ0v) is 23.4.